The molecule has 0 saturated carbocycles. The Kier molecular flexibility index (Phi) is 10.3. The number of amides is 2. The predicted molar refractivity (Wildman–Crippen MR) is 155 cm³/mol. The van der Waals surface area contributed by atoms with Gasteiger partial charge >= 0.3 is 18.3 Å². The fourth-order valence-electron chi connectivity index (χ4n) is 5.02. The SMILES string of the molecule is CCOC(=O)[C@H](CCC(=O)C=[N+]=[N-])NC(=O)[C@H](Cc1ccccc1)NC(=O)OCC1c2ccccc2-c2ccccc21. The number of ether oxygens (including phenoxy) is 2. The number of nitrogens with one attached hydrogen (secondary N) is 2. The lowest BCUT2D eigenvalue weighted by Gasteiger charge is -2.23. The van der Waals surface area contributed by atoms with E-state index in [0.29, 0.717) is 0 Å². The highest BCUT2D eigenvalue weighted by Gasteiger charge is 2.31. The summed E-state index contributed by atoms with van der Waals surface area (Å²) in [4.78, 5) is 53.5. The number of esters is 1. The van der Waals surface area contributed by atoms with Gasteiger partial charge in [0.15, 0.2) is 0 Å². The maximum atomic E-state index is 13.4. The van der Waals surface area contributed by atoms with Crippen LogP contribution in [-0.2, 0) is 30.3 Å². The van der Waals surface area contributed by atoms with Gasteiger partial charge in [0.1, 0.15) is 18.7 Å². The number of carbonyl (C=O) groups is 4. The summed E-state index contributed by atoms with van der Waals surface area (Å²) in [6.07, 6.45) is -0.186. The predicted octanol–water partition coefficient (Wildman–Crippen LogP) is 3.83. The highest BCUT2D eigenvalue weighted by atomic mass is 16.5. The van der Waals surface area contributed by atoms with Crippen molar-refractivity contribution in [2.45, 2.75) is 44.2 Å². The first-order chi connectivity index (χ1) is 20.4. The number of carbonyl (C=O) groups excluding carboxylic acids is 4. The summed E-state index contributed by atoms with van der Waals surface area (Å²) < 4.78 is 10.7. The van der Waals surface area contributed by atoms with Crippen LogP contribution in [0.4, 0.5) is 4.79 Å². The monoisotopic (exact) mass is 568 g/mol. The maximum Gasteiger partial charge on any atom is 0.407 e. The van der Waals surface area contributed by atoms with Crippen LogP contribution in [-0.4, -0.2) is 60.1 Å². The minimum Gasteiger partial charge on any atom is -0.464 e. The van der Waals surface area contributed by atoms with Gasteiger partial charge in [-0.2, -0.15) is 4.79 Å². The van der Waals surface area contributed by atoms with E-state index in [4.69, 9.17) is 15.0 Å². The molecule has 216 valence electrons. The summed E-state index contributed by atoms with van der Waals surface area (Å²) in [6, 6.07) is 22.8. The number of hydrogen-bond donors (Lipinski definition) is 2. The molecule has 0 aliphatic heterocycles. The molecule has 4 rings (SSSR count). The van der Waals surface area contributed by atoms with Crippen molar-refractivity contribution in [3.63, 3.8) is 0 Å². The number of ketones is 1. The number of alkyl carbamates (subject to hydrolysis) is 1. The van der Waals surface area contributed by atoms with Gasteiger partial charge in [0.25, 0.3) is 0 Å². The summed E-state index contributed by atoms with van der Waals surface area (Å²) >= 11 is 0. The highest BCUT2D eigenvalue weighted by Crippen LogP contribution is 2.44. The Morgan fingerprint density at radius 2 is 1.48 bits per heavy atom. The summed E-state index contributed by atoms with van der Waals surface area (Å²) in [5.74, 6) is -2.05. The standard InChI is InChI=1S/C32H32N4O6/c1-2-41-31(39)28(17-16-22(37)19-34-33)35-30(38)29(18-21-10-4-3-5-11-21)36-32(40)42-20-27-25-14-8-6-12-23(25)24-13-7-9-15-26(24)27/h3-15,19,27-29H,2,16-18,20H2,1H3,(H,35,38)(H,36,40)/t28-,29-/m0/s1. The molecule has 3 aromatic rings. The van der Waals surface area contributed by atoms with Crippen molar-refractivity contribution in [2.24, 2.45) is 0 Å². The van der Waals surface area contributed by atoms with E-state index in [1.165, 1.54) is 0 Å². The van der Waals surface area contributed by atoms with E-state index < -0.39 is 35.8 Å². The molecule has 0 heterocycles. The van der Waals surface area contributed by atoms with Crippen LogP contribution in [0.15, 0.2) is 78.9 Å². The van der Waals surface area contributed by atoms with Crippen molar-refractivity contribution >= 4 is 30.0 Å². The van der Waals surface area contributed by atoms with Crippen LogP contribution >= 0.6 is 0 Å². The zero-order valence-corrected chi connectivity index (χ0v) is 23.2. The molecule has 10 heteroatoms. The average molecular weight is 569 g/mol. The lowest BCUT2D eigenvalue weighted by Crippen LogP contribution is -2.53. The molecule has 1 aliphatic rings. The summed E-state index contributed by atoms with van der Waals surface area (Å²) in [6.45, 7) is 1.76. The van der Waals surface area contributed by atoms with Crippen LogP contribution in [0.25, 0.3) is 16.7 Å². The molecule has 1 aliphatic carbocycles. The minimum atomic E-state index is -1.16. The third kappa shape index (κ3) is 7.56. The molecule has 2 N–H and O–H groups in total. The lowest BCUT2D eigenvalue weighted by molar-refractivity contribution is -0.147. The van der Waals surface area contributed by atoms with Gasteiger partial charge < -0.3 is 25.6 Å². The topological polar surface area (TPSA) is 147 Å². The van der Waals surface area contributed by atoms with Crippen molar-refractivity contribution in [1.82, 2.24) is 10.6 Å². The van der Waals surface area contributed by atoms with Crippen LogP contribution in [0.3, 0.4) is 0 Å². The van der Waals surface area contributed by atoms with Gasteiger partial charge in [0.2, 0.25) is 11.7 Å². The molecular formula is C32H32N4O6. The second kappa shape index (κ2) is 14.5. The third-order valence-electron chi connectivity index (χ3n) is 7.00. The zero-order chi connectivity index (χ0) is 29.9. The van der Waals surface area contributed by atoms with E-state index in [9.17, 15) is 19.2 Å². The molecule has 3 aromatic carbocycles. The molecule has 10 nitrogen and oxygen atoms in total. The van der Waals surface area contributed by atoms with Crippen LogP contribution in [0.2, 0.25) is 0 Å². The van der Waals surface area contributed by atoms with E-state index in [-0.39, 0.29) is 38.4 Å². The molecule has 0 unspecified atom stereocenters. The van der Waals surface area contributed by atoms with E-state index in [1.807, 2.05) is 78.9 Å². The first-order valence-electron chi connectivity index (χ1n) is 13.7. The third-order valence-corrected chi connectivity index (χ3v) is 7.00. The Labute approximate surface area is 243 Å². The second-order valence-electron chi connectivity index (χ2n) is 9.77. The molecule has 0 bridgehead atoms. The average Bonchev–Trinajstić information content (AvgIpc) is 3.32. The highest BCUT2D eigenvalue weighted by molar-refractivity contribution is 6.25. The fourth-order valence-corrected chi connectivity index (χ4v) is 5.02. The van der Waals surface area contributed by atoms with Gasteiger partial charge in [0.05, 0.1) is 6.61 Å². The smallest absolute Gasteiger partial charge is 0.407 e. The van der Waals surface area contributed by atoms with Gasteiger partial charge in [0, 0.05) is 18.8 Å². The Hall–Kier alpha value is -5.08. The van der Waals surface area contributed by atoms with Crippen LogP contribution < -0.4 is 10.6 Å². The molecule has 42 heavy (non-hydrogen) atoms. The molecule has 0 spiro atoms. The summed E-state index contributed by atoms with van der Waals surface area (Å²) in [5.41, 5.74) is 13.7. The quantitative estimate of drug-likeness (QED) is 0.139. The van der Waals surface area contributed by atoms with Crippen molar-refractivity contribution in [1.29, 1.82) is 0 Å². The number of hydrogen-bond acceptors (Lipinski definition) is 6. The van der Waals surface area contributed by atoms with E-state index in [0.717, 1.165) is 34.0 Å². The molecule has 2 amide bonds. The zero-order valence-electron chi connectivity index (χ0n) is 23.2. The maximum absolute atomic E-state index is 13.4. The molecule has 2 atom stereocenters. The van der Waals surface area contributed by atoms with Gasteiger partial charge in [-0.3, -0.25) is 9.59 Å². The van der Waals surface area contributed by atoms with Crippen molar-refractivity contribution < 1.29 is 33.4 Å². The Morgan fingerprint density at radius 3 is 2.10 bits per heavy atom. The van der Waals surface area contributed by atoms with Crippen molar-refractivity contribution in [3.8, 4) is 11.1 Å². The molecule has 0 saturated heterocycles. The molecule has 0 aromatic heterocycles. The second-order valence-corrected chi connectivity index (χ2v) is 9.77. The molecule has 0 fully saturated rings. The van der Waals surface area contributed by atoms with Gasteiger partial charge in [-0.15, -0.1) is 0 Å². The fraction of sp³-hybridized carbons (Fsp3) is 0.281. The minimum absolute atomic E-state index is 0.0690. The first kappa shape index (κ1) is 29.9. The first-order valence-corrected chi connectivity index (χ1v) is 13.7. The van der Waals surface area contributed by atoms with Gasteiger partial charge in [-0.25, -0.2) is 9.59 Å². The van der Waals surface area contributed by atoms with Gasteiger partial charge in [-0.05, 0) is 41.2 Å². The van der Waals surface area contributed by atoms with E-state index in [2.05, 4.69) is 15.4 Å². The Balaban J connectivity index is 1.47. The van der Waals surface area contributed by atoms with E-state index >= 15 is 0 Å². The van der Waals surface area contributed by atoms with Crippen molar-refractivity contribution in [3.05, 3.63) is 101 Å². The largest absolute Gasteiger partial charge is 0.464 e. The molecule has 0 radical (unpaired) electrons. The Morgan fingerprint density at radius 1 is 0.857 bits per heavy atom. The van der Waals surface area contributed by atoms with Crippen LogP contribution in [0.5, 0.6) is 0 Å². The van der Waals surface area contributed by atoms with Crippen LogP contribution in [0, 0.1) is 0 Å². The summed E-state index contributed by atoms with van der Waals surface area (Å²) in [7, 11) is 0. The normalized spacial score (nSPS) is 13.0. The van der Waals surface area contributed by atoms with Gasteiger partial charge in [-0.1, -0.05) is 78.9 Å². The van der Waals surface area contributed by atoms with Crippen LogP contribution in [0.1, 0.15) is 42.4 Å². The number of rotatable bonds is 13. The summed E-state index contributed by atoms with van der Waals surface area (Å²) in [5, 5.41) is 5.26. The molecular weight excluding hydrogens is 536 g/mol. The Bertz CT molecular complexity index is 1440. The number of Topliss-reactive ketones (excluding diaryl/α,β-unsaturated/α-hetero) is 1. The number of fused-ring (bicyclic) bond motifs is 3. The lowest BCUT2D eigenvalue weighted by atomic mass is 9.98. The number of benzene rings is 3. The van der Waals surface area contributed by atoms with Crippen molar-refractivity contribution in [2.75, 3.05) is 13.2 Å². The van der Waals surface area contributed by atoms with E-state index in [1.54, 1.807) is 6.92 Å². The number of nitrogens with zero attached hydrogens (tertiary/aromatic N) is 2.